The second-order valence-electron chi connectivity index (χ2n) is 8.13. The second kappa shape index (κ2) is 8.79. The number of phenols is 4. The van der Waals surface area contributed by atoms with Crippen LogP contribution in [0.2, 0.25) is 0 Å². The quantitative estimate of drug-likeness (QED) is 0.232. The normalized spacial score (nSPS) is 11.0. The molecule has 0 saturated carbocycles. The van der Waals surface area contributed by atoms with Crippen molar-refractivity contribution in [3.05, 3.63) is 96.1 Å². The molecule has 0 spiro atoms. The SMILES string of the molecule is O=C(NCc1ccccc1)c1cc(O)cc2oc(-c3ccc(O)cc3)c(-c3cc(O)cc(O)c3)c12. The maximum atomic E-state index is 13.3. The topological polar surface area (TPSA) is 123 Å². The minimum atomic E-state index is -0.432. The Hall–Kier alpha value is -4.91. The Bertz CT molecular complexity index is 1520. The maximum absolute atomic E-state index is 13.3. The van der Waals surface area contributed by atoms with E-state index in [1.165, 1.54) is 42.5 Å². The minimum absolute atomic E-state index is 0.0695. The van der Waals surface area contributed by atoms with E-state index in [4.69, 9.17) is 4.42 Å². The maximum Gasteiger partial charge on any atom is 0.252 e. The molecule has 1 amide bonds. The van der Waals surface area contributed by atoms with Gasteiger partial charge >= 0.3 is 0 Å². The van der Waals surface area contributed by atoms with Crippen molar-refractivity contribution in [3.63, 3.8) is 0 Å². The first kappa shape index (κ1) is 21.9. The van der Waals surface area contributed by atoms with Crippen molar-refractivity contribution >= 4 is 16.9 Å². The van der Waals surface area contributed by atoms with E-state index in [-0.39, 0.29) is 40.7 Å². The zero-order valence-electron chi connectivity index (χ0n) is 18.4. The summed E-state index contributed by atoms with van der Waals surface area (Å²) in [6.45, 7) is 0.280. The van der Waals surface area contributed by atoms with Crippen LogP contribution in [0.25, 0.3) is 33.4 Å². The van der Waals surface area contributed by atoms with Crippen molar-refractivity contribution in [2.24, 2.45) is 0 Å². The van der Waals surface area contributed by atoms with Crippen LogP contribution in [0, 0.1) is 0 Å². The summed E-state index contributed by atoms with van der Waals surface area (Å²) >= 11 is 0. The second-order valence-corrected chi connectivity index (χ2v) is 8.13. The van der Waals surface area contributed by atoms with E-state index in [9.17, 15) is 25.2 Å². The van der Waals surface area contributed by atoms with Gasteiger partial charge in [0.1, 0.15) is 34.3 Å². The summed E-state index contributed by atoms with van der Waals surface area (Å²) in [5.74, 6) is -0.510. The lowest BCUT2D eigenvalue weighted by molar-refractivity contribution is 0.0952. The van der Waals surface area contributed by atoms with Crippen LogP contribution in [0.15, 0.2) is 89.3 Å². The van der Waals surface area contributed by atoms with Crippen LogP contribution in [0.1, 0.15) is 15.9 Å². The van der Waals surface area contributed by atoms with E-state index in [2.05, 4.69) is 5.32 Å². The molecule has 0 atom stereocenters. The van der Waals surface area contributed by atoms with Gasteiger partial charge in [0.2, 0.25) is 0 Å². The van der Waals surface area contributed by atoms with E-state index in [0.717, 1.165) is 5.56 Å². The molecule has 4 aromatic carbocycles. The highest BCUT2D eigenvalue weighted by molar-refractivity contribution is 6.14. The number of rotatable bonds is 5. The summed E-state index contributed by atoms with van der Waals surface area (Å²) in [5, 5.41) is 43.7. The van der Waals surface area contributed by atoms with E-state index in [1.54, 1.807) is 12.1 Å². The molecule has 0 fully saturated rings. The zero-order valence-corrected chi connectivity index (χ0v) is 18.4. The molecule has 0 bridgehead atoms. The molecule has 5 aromatic rings. The molecule has 0 aliphatic rings. The van der Waals surface area contributed by atoms with Crippen molar-refractivity contribution in [3.8, 4) is 45.4 Å². The number of hydrogen-bond donors (Lipinski definition) is 5. The van der Waals surface area contributed by atoms with Crippen LogP contribution in [-0.4, -0.2) is 26.3 Å². The standard InChI is InChI=1S/C28H21NO6/c30-19-8-6-17(7-9-19)27-25(18-10-20(31)12-21(32)11-18)26-23(13-22(33)14-24(26)35-27)28(34)29-15-16-4-2-1-3-5-16/h1-14,30-33H,15H2,(H,29,34). The van der Waals surface area contributed by atoms with Gasteiger partial charge in [-0.25, -0.2) is 0 Å². The molecule has 5 N–H and O–H groups in total. The lowest BCUT2D eigenvalue weighted by Crippen LogP contribution is -2.23. The summed E-state index contributed by atoms with van der Waals surface area (Å²) in [6, 6.07) is 22.6. The Morgan fingerprint density at radius 3 is 2.06 bits per heavy atom. The van der Waals surface area contributed by atoms with Crippen molar-refractivity contribution in [2.75, 3.05) is 0 Å². The van der Waals surface area contributed by atoms with Crippen molar-refractivity contribution in [2.45, 2.75) is 6.54 Å². The fourth-order valence-electron chi connectivity index (χ4n) is 4.10. The Morgan fingerprint density at radius 2 is 1.37 bits per heavy atom. The summed E-state index contributed by atoms with van der Waals surface area (Å²) < 4.78 is 6.11. The van der Waals surface area contributed by atoms with Crippen LogP contribution in [0.4, 0.5) is 0 Å². The highest BCUT2D eigenvalue weighted by Gasteiger charge is 2.24. The number of benzene rings is 4. The average molecular weight is 467 g/mol. The number of hydrogen-bond acceptors (Lipinski definition) is 6. The molecular weight excluding hydrogens is 446 g/mol. The van der Waals surface area contributed by atoms with Crippen molar-refractivity contribution < 1.29 is 29.6 Å². The first-order valence-corrected chi connectivity index (χ1v) is 10.8. The third-order valence-corrected chi connectivity index (χ3v) is 5.64. The van der Waals surface area contributed by atoms with Crippen LogP contribution in [-0.2, 0) is 6.54 Å². The number of carbonyl (C=O) groups is 1. The summed E-state index contributed by atoms with van der Waals surface area (Å²) in [4.78, 5) is 13.3. The minimum Gasteiger partial charge on any atom is -0.508 e. The lowest BCUT2D eigenvalue weighted by Gasteiger charge is -2.10. The van der Waals surface area contributed by atoms with Gasteiger partial charge in [-0.3, -0.25) is 4.79 Å². The van der Waals surface area contributed by atoms with Gasteiger partial charge in [0.15, 0.2) is 0 Å². The van der Waals surface area contributed by atoms with E-state index >= 15 is 0 Å². The molecule has 0 aliphatic carbocycles. The van der Waals surface area contributed by atoms with E-state index < -0.39 is 5.91 Å². The average Bonchev–Trinajstić information content (AvgIpc) is 3.21. The van der Waals surface area contributed by atoms with E-state index in [1.807, 2.05) is 30.3 Å². The molecule has 35 heavy (non-hydrogen) atoms. The summed E-state index contributed by atoms with van der Waals surface area (Å²) in [6.07, 6.45) is 0. The van der Waals surface area contributed by atoms with Crippen LogP contribution in [0.5, 0.6) is 23.0 Å². The third-order valence-electron chi connectivity index (χ3n) is 5.64. The number of amides is 1. The zero-order chi connectivity index (χ0) is 24.5. The van der Waals surface area contributed by atoms with Crippen molar-refractivity contribution in [1.82, 2.24) is 5.32 Å². The molecule has 1 aromatic heterocycles. The fourth-order valence-corrected chi connectivity index (χ4v) is 4.10. The molecule has 0 saturated heterocycles. The number of nitrogens with one attached hydrogen (secondary N) is 1. The predicted octanol–water partition coefficient (Wildman–Crippen LogP) is 5.52. The fraction of sp³-hybridized carbons (Fsp3) is 0.0357. The van der Waals surface area contributed by atoms with Gasteiger partial charge < -0.3 is 30.2 Å². The van der Waals surface area contributed by atoms with E-state index in [0.29, 0.717) is 27.8 Å². The van der Waals surface area contributed by atoms with Gasteiger partial charge in [-0.2, -0.15) is 0 Å². The monoisotopic (exact) mass is 467 g/mol. The Morgan fingerprint density at radius 1 is 0.714 bits per heavy atom. The van der Waals surface area contributed by atoms with Crippen LogP contribution >= 0.6 is 0 Å². The lowest BCUT2D eigenvalue weighted by atomic mass is 9.95. The predicted molar refractivity (Wildman–Crippen MR) is 131 cm³/mol. The van der Waals surface area contributed by atoms with Gasteiger partial charge in [0, 0.05) is 35.2 Å². The number of fused-ring (bicyclic) bond motifs is 1. The number of carbonyl (C=O) groups excluding carboxylic acids is 1. The molecular formula is C28H21NO6. The molecule has 0 aliphatic heterocycles. The molecule has 174 valence electrons. The Balaban J connectivity index is 1.72. The Labute approximate surface area is 200 Å². The summed E-state index contributed by atoms with van der Waals surface area (Å²) in [5.41, 5.74) is 2.77. The molecule has 7 heteroatoms. The molecule has 0 unspecified atom stereocenters. The van der Waals surface area contributed by atoms with Crippen LogP contribution in [0.3, 0.4) is 0 Å². The number of furan rings is 1. The Kier molecular flexibility index (Phi) is 5.51. The smallest absolute Gasteiger partial charge is 0.252 e. The first-order valence-electron chi connectivity index (χ1n) is 10.8. The van der Waals surface area contributed by atoms with Gasteiger partial charge in [-0.15, -0.1) is 0 Å². The highest BCUT2D eigenvalue weighted by Crippen LogP contribution is 2.45. The third kappa shape index (κ3) is 4.35. The summed E-state index contributed by atoms with van der Waals surface area (Å²) in [7, 11) is 0. The molecule has 7 nitrogen and oxygen atoms in total. The van der Waals surface area contributed by atoms with Gasteiger partial charge in [-0.05, 0) is 53.6 Å². The van der Waals surface area contributed by atoms with Gasteiger partial charge in [0.05, 0.1) is 5.56 Å². The largest absolute Gasteiger partial charge is 0.508 e. The molecule has 0 radical (unpaired) electrons. The number of aromatic hydroxyl groups is 4. The van der Waals surface area contributed by atoms with Crippen LogP contribution < -0.4 is 5.32 Å². The van der Waals surface area contributed by atoms with Gasteiger partial charge in [-0.1, -0.05) is 30.3 Å². The molecule has 5 rings (SSSR count). The molecule has 1 heterocycles. The highest BCUT2D eigenvalue weighted by atomic mass is 16.3. The van der Waals surface area contributed by atoms with Gasteiger partial charge in [0.25, 0.3) is 5.91 Å². The first-order chi connectivity index (χ1) is 16.9. The van der Waals surface area contributed by atoms with Crippen molar-refractivity contribution in [1.29, 1.82) is 0 Å². The number of phenolic OH excluding ortho intramolecular Hbond substituents is 4.